The molecule has 7 nitrogen and oxygen atoms in total. The van der Waals surface area contributed by atoms with E-state index in [0.717, 1.165) is 23.6 Å². The van der Waals surface area contributed by atoms with Crippen LogP contribution in [0.4, 0.5) is 0 Å². The first-order chi connectivity index (χ1) is 11.6. The Labute approximate surface area is 140 Å². The Kier molecular flexibility index (Phi) is 5.00. The molecule has 2 heterocycles. The Balaban J connectivity index is 1.49. The second-order valence-corrected chi connectivity index (χ2v) is 5.95. The number of nitrogens with zero attached hydrogens (tertiary/aromatic N) is 3. The van der Waals surface area contributed by atoms with Crippen LogP contribution in [0.1, 0.15) is 12.0 Å². The van der Waals surface area contributed by atoms with E-state index in [1.807, 2.05) is 37.5 Å². The number of carboxylic acid groups (broad SMARTS) is 1. The zero-order valence-electron chi connectivity index (χ0n) is 13.6. The van der Waals surface area contributed by atoms with Gasteiger partial charge in [-0.05, 0) is 19.2 Å². The van der Waals surface area contributed by atoms with Gasteiger partial charge in [-0.25, -0.2) is 0 Å². The number of fused-ring (bicyclic) bond motifs is 1. The molecule has 0 aliphatic carbocycles. The maximum atomic E-state index is 10.6. The van der Waals surface area contributed by atoms with Gasteiger partial charge in [-0.15, -0.1) is 0 Å². The summed E-state index contributed by atoms with van der Waals surface area (Å²) in [6.07, 6.45) is 3.70. The van der Waals surface area contributed by atoms with Crippen LogP contribution in [0.15, 0.2) is 36.7 Å². The first kappa shape index (κ1) is 16.3. The van der Waals surface area contributed by atoms with E-state index in [1.54, 1.807) is 10.9 Å². The molecule has 24 heavy (non-hydrogen) atoms. The summed E-state index contributed by atoms with van der Waals surface area (Å²) in [7, 11) is 2.01. The fourth-order valence-corrected chi connectivity index (χ4v) is 2.70. The highest BCUT2D eigenvalue weighted by Crippen LogP contribution is 2.30. The van der Waals surface area contributed by atoms with Crippen LogP contribution in [0.5, 0.6) is 11.5 Å². The van der Waals surface area contributed by atoms with Crippen molar-refractivity contribution in [3.05, 3.63) is 42.2 Å². The van der Waals surface area contributed by atoms with Crippen molar-refractivity contribution in [3.63, 3.8) is 0 Å². The molecule has 0 unspecified atom stereocenters. The van der Waals surface area contributed by atoms with Crippen LogP contribution in [0.25, 0.3) is 0 Å². The molecule has 0 bridgehead atoms. The zero-order chi connectivity index (χ0) is 16.9. The largest absolute Gasteiger partial charge is 0.486 e. The number of likely N-dealkylation sites (N-methyl/N-ethyl adjacent to an activating group) is 1. The van der Waals surface area contributed by atoms with Crippen molar-refractivity contribution in [2.24, 2.45) is 0 Å². The van der Waals surface area contributed by atoms with Crippen molar-refractivity contribution < 1.29 is 19.4 Å². The van der Waals surface area contributed by atoms with Gasteiger partial charge in [0.15, 0.2) is 11.5 Å². The number of benzene rings is 1. The predicted octanol–water partition coefficient (Wildman–Crippen LogP) is 1.63. The number of carboxylic acids is 1. The van der Waals surface area contributed by atoms with Gasteiger partial charge in [0, 0.05) is 24.8 Å². The van der Waals surface area contributed by atoms with E-state index in [0.29, 0.717) is 19.7 Å². The number of rotatable bonds is 7. The van der Waals surface area contributed by atoms with E-state index in [1.165, 1.54) is 0 Å². The van der Waals surface area contributed by atoms with Crippen LogP contribution in [-0.4, -0.2) is 52.1 Å². The summed E-state index contributed by atoms with van der Waals surface area (Å²) in [6, 6.07) is 7.67. The van der Waals surface area contributed by atoms with Crippen LogP contribution >= 0.6 is 0 Å². The minimum Gasteiger partial charge on any atom is -0.486 e. The third-order valence-electron chi connectivity index (χ3n) is 3.78. The summed E-state index contributed by atoms with van der Waals surface area (Å²) in [5.74, 6) is 0.749. The molecule has 3 rings (SSSR count). The van der Waals surface area contributed by atoms with Gasteiger partial charge in [-0.2, -0.15) is 5.10 Å². The lowest BCUT2D eigenvalue weighted by molar-refractivity contribution is -0.137. The number of ether oxygens (including phenoxy) is 2. The lowest BCUT2D eigenvalue weighted by Crippen LogP contribution is -2.39. The molecule has 128 valence electrons. The summed E-state index contributed by atoms with van der Waals surface area (Å²) >= 11 is 0. The monoisotopic (exact) mass is 331 g/mol. The van der Waals surface area contributed by atoms with Crippen molar-refractivity contribution in [3.8, 4) is 11.5 Å². The Bertz CT molecular complexity index is 701. The molecule has 0 radical (unpaired) electrons. The Morgan fingerprint density at radius 2 is 2.21 bits per heavy atom. The fraction of sp³-hybridized carbons (Fsp3) is 0.412. The minimum atomic E-state index is -0.820. The maximum Gasteiger partial charge on any atom is 0.305 e. The topological polar surface area (TPSA) is 76.8 Å². The average molecular weight is 331 g/mol. The van der Waals surface area contributed by atoms with Gasteiger partial charge in [0.1, 0.15) is 12.7 Å². The molecule has 1 aromatic carbocycles. The van der Waals surface area contributed by atoms with Gasteiger partial charge < -0.3 is 14.6 Å². The third kappa shape index (κ3) is 4.26. The standard InChI is InChI=1S/C17H21N3O4/c1-19(9-13-8-18-20(10-13)7-6-17(21)22)11-14-12-23-15-4-2-3-5-16(15)24-14/h2-5,8,10,14H,6-7,9,11-12H2,1H3,(H,21,22)/t14-/m0/s1. The highest BCUT2D eigenvalue weighted by Gasteiger charge is 2.22. The second kappa shape index (κ2) is 7.35. The molecule has 1 aromatic heterocycles. The number of hydrogen-bond acceptors (Lipinski definition) is 5. The molecule has 1 aliphatic heterocycles. The van der Waals surface area contributed by atoms with E-state index in [-0.39, 0.29) is 12.5 Å². The highest BCUT2D eigenvalue weighted by atomic mass is 16.6. The van der Waals surface area contributed by atoms with Gasteiger partial charge in [-0.3, -0.25) is 14.4 Å². The van der Waals surface area contributed by atoms with Gasteiger partial charge >= 0.3 is 5.97 Å². The van der Waals surface area contributed by atoms with E-state index in [4.69, 9.17) is 14.6 Å². The first-order valence-corrected chi connectivity index (χ1v) is 7.90. The molecule has 1 atom stereocenters. The molecule has 0 spiro atoms. The normalized spacial score (nSPS) is 16.3. The van der Waals surface area contributed by atoms with Crippen molar-refractivity contribution in [2.45, 2.75) is 25.6 Å². The summed E-state index contributed by atoms with van der Waals surface area (Å²) in [5.41, 5.74) is 1.04. The Morgan fingerprint density at radius 1 is 1.42 bits per heavy atom. The predicted molar refractivity (Wildman–Crippen MR) is 87.2 cm³/mol. The number of para-hydroxylation sites is 2. The van der Waals surface area contributed by atoms with Crippen LogP contribution in [0.3, 0.4) is 0 Å². The molecule has 0 amide bonds. The number of aliphatic carboxylic acids is 1. The van der Waals surface area contributed by atoms with Crippen LogP contribution < -0.4 is 9.47 Å². The van der Waals surface area contributed by atoms with Gasteiger partial charge in [0.25, 0.3) is 0 Å². The molecule has 1 N–H and O–H groups in total. The summed E-state index contributed by atoms with van der Waals surface area (Å²) in [4.78, 5) is 12.7. The zero-order valence-corrected chi connectivity index (χ0v) is 13.6. The SMILES string of the molecule is CN(Cc1cnn(CCC(=O)O)c1)C[C@H]1COc2ccccc2O1. The summed E-state index contributed by atoms with van der Waals surface area (Å²) in [5, 5.41) is 12.9. The van der Waals surface area contributed by atoms with Gasteiger partial charge in [-0.1, -0.05) is 12.1 Å². The molecule has 0 saturated carbocycles. The van der Waals surface area contributed by atoms with E-state index in [2.05, 4.69) is 10.00 Å². The first-order valence-electron chi connectivity index (χ1n) is 7.90. The van der Waals surface area contributed by atoms with Crippen LogP contribution in [0, 0.1) is 0 Å². The van der Waals surface area contributed by atoms with Gasteiger partial charge in [0.05, 0.1) is 19.2 Å². The van der Waals surface area contributed by atoms with Gasteiger partial charge in [0.2, 0.25) is 0 Å². The van der Waals surface area contributed by atoms with Crippen molar-refractivity contribution in [1.29, 1.82) is 0 Å². The molecule has 7 heteroatoms. The van der Waals surface area contributed by atoms with Crippen molar-refractivity contribution >= 4 is 5.97 Å². The highest BCUT2D eigenvalue weighted by molar-refractivity contribution is 5.66. The maximum absolute atomic E-state index is 10.6. The van der Waals surface area contributed by atoms with E-state index < -0.39 is 5.97 Å². The quantitative estimate of drug-likeness (QED) is 0.831. The van der Waals surface area contributed by atoms with E-state index >= 15 is 0 Å². The van der Waals surface area contributed by atoms with E-state index in [9.17, 15) is 4.79 Å². The Hall–Kier alpha value is -2.54. The molecular formula is C17H21N3O4. The Morgan fingerprint density at radius 3 is 3.00 bits per heavy atom. The smallest absolute Gasteiger partial charge is 0.305 e. The van der Waals surface area contributed by atoms with Crippen LogP contribution in [0.2, 0.25) is 0 Å². The molecule has 0 fully saturated rings. The van der Waals surface area contributed by atoms with Crippen LogP contribution in [-0.2, 0) is 17.9 Å². The molecule has 2 aromatic rings. The average Bonchev–Trinajstić information content (AvgIpc) is 3.00. The number of carbonyl (C=O) groups is 1. The molecule has 0 saturated heterocycles. The lowest BCUT2D eigenvalue weighted by Gasteiger charge is -2.29. The third-order valence-corrected chi connectivity index (χ3v) is 3.78. The van der Waals surface area contributed by atoms with Crippen molar-refractivity contribution in [1.82, 2.24) is 14.7 Å². The molecule has 1 aliphatic rings. The number of hydrogen-bond donors (Lipinski definition) is 1. The summed E-state index contributed by atoms with van der Waals surface area (Å²) < 4.78 is 13.3. The minimum absolute atomic E-state index is 0.0213. The number of aromatic nitrogens is 2. The number of aryl methyl sites for hydroxylation is 1. The lowest BCUT2D eigenvalue weighted by atomic mass is 10.2. The summed E-state index contributed by atoms with van der Waals surface area (Å²) in [6.45, 7) is 2.36. The molecular weight excluding hydrogens is 310 g/mol. The van der Waals surface area contributed by atoms with Crippen molar-refractivity contribution in [2.75, 3.05) is 20.2 Å². The fourth-order valence-electron chi connectivity index (χ4n) is 2.70. The second-order valence-electron chi connectivity index (χ2n) is 5.95.